The van der Waals surface area contributed by atoms with Crippen LogP contribution in [-0.4, -0.2) is 26.5 Å². The Balaban J connectivity index is 1.58. The zero-order valence-corrected chi connectivity index (χ0v) is 20.5. The predicted molar refractivity (Wildman–Crippen MR) is 130 cm³/mol. The highest BCUT2D eigenvalue weighted by Crippen LogP contribution is 2.30. The molecule has 168 valence electrons. The smallest absolute Gasteiger partial charge is 0.262 e. The van der Waals surface area contributed by atoms with E-state index < -0.39 is 15.6 Å². The number of carbonyl (C=O) groups is 1. The lowest BCUT2D eigenvalue weighted by Gasteiger charge is -2.20. The molecule has 0 aromatic heterocycles. The number of amides is 1. The van der Waals surface area contributed by atoms with Crippen molar-refractivity contribution in [3.8, 4) is 16.9 Å². The van der Waals surface area contributed by atoms with Crippen molar-refractivity contribution >= 4 is 37.5 Å². The number of carbonyl (C=O) groups excluding carboxylic acids is 1. The van der Waals surface area contributed by atoms with Crippen molar-refractivity contribution in [2.45, 2.75) is 31.2 Å². The molecule has 0 aliphatic carbocycles. The van der Waals surface area contributed by atoms with Crippen LogP contribution in [0.2, 0.25) is 0 Å². The Morgan fingerprint density at radius 2 is 1.59 bits per heavy atom. The number of anilines is 1. The molecule has 32 heavy (non-hydrogen) atoms. The van der Waals surface area contributed by atoms with Gasteiger partial charge in [-0.1, -0.05) is 36.4 Å². The van der Waals surface area contributed by atoms with Gasteiger partial charge in [-0.15, -0.1) is 0 Å². The van der Waals surface area contributed by atoms with E-state index in [9.17, 15) is 13.2 Å². The molecule has 3 aromatic carbocycles. The fourth-order valence-corrected chi connectivity index (χ4v) is 4.86. The molecule has 0 spiro atoms. The van der Waals surface area contributed by atoms with Gasteiger partial charge in [0.2, 0.25) is 10.0 Å². The largest absolute Gasteiger partial charge is 0.483 e. The molecular formula is C24H25BrN2O4S. The molecule has 0 aliphatic heterocycles. The van der Waals surface area contributed by atoms with Crippen LogP contribution < -0.4 is 14.8 Å². The maximum atomic E-state index is 12.4. The van der Waals surface area contributed by atoms with Gasteiger partial charge in [0.1, 0.15) is 5.75 Å². The van der Waals surface area contributed by atoms with Crippen LogP contribution in [0.3, 0.4) is 0 Å². The number of benzene rings is 3. The van der Waals surface area contributed by atoms with Gasteiger partial charge in [-0.2, -0.15) is 0 Å². The number of nitrogens with one attached hydrogen (secondary N) is 2. The number of sulfonamides is 1. The molecule has 2 N–H and O–H groups in total. The summed E-state index contributed by atoms with van der Waals surface area (Å²) >= 11 is 3.49. The monoisotopic (exact) mass is 516 g/mol. The number of rotatable bonds is 7. The first-order chi connectivity index (χ1) is 15.0. The van der Waals surface area contributed by atoms with Crippen LogP contribution in [0.1, 0.15) is 20.8 Å². The summed E-state index contributed by atoms with van der Waals surface area (Å²) in [6.07, 6.45) is 0. The van der Waals surface area contributed by atoms with Crippen molar-refractivity contribution in [2.24, 2.45) is 0 Å². The van der Waals surface area contributed by atoms with Gasteiger partial charge in [0, 0.05) is 11.2 Å². The Morgan fingerprint density at radius 1 is 0.938 bits per heavy atom. The second-order valence-electron chi connectivity index (χ2n) is 8.23. The van der Waals surface area contributed by atoms with Crippen molar-refractivity contribution in [3.05, 3.63) is 77.3 Å². The summed E-state index contributed by atoms with van der Waals surface area (Å²) in [5, 5.41) is 2.70. The Hall–Kier alpha value is -2.68. The summed E-state index contributed by atoms with van der Waals surface area (Å²) in [5.74, 6) is 0.196. The molecule has 0 atom stereocenters. The Labute approximate surface area is 197 Å². The van der Waals surface area contributed by atoms with E-state index in [0.717, 1.165) is 15.6 Å². The molecule has 6 nitrogen and oxygen atoms in total. The van der Waals surface area contributed by atoms with E-state index in [0.29, 0.717) is 11.4 Å². The molecule has 3 rings (SSSR count). The SMILES string of the molecule is CC(C)(C)NS(=O)(=O)c1ccc(NC(=O)COc2ccc(-c3ccccc3)cc2Br)cc1. The minimum absolute atomic E-state index is 0.129. The molecule has 8 heteroatoms. The third-order valence-corrected chi connectivity index (χ3v) is 6.68. The van der Waals surface area contributed by atoms with Gasteiger partial charge in [0.25, 0.3) is 5.91 Å². The van der Waals surface area contributed by atoms with E-state index in [1.807, 2.05) is 48.5 Å². The minimum Gasteiger partial charge on any atom is -0.483 e. The quantitative estimate of drug-likeness (QED) is 0.451. The van der Waals surface area contributed by atoms with E-state index >= 15 is 0 Å². The summed E-state index contributed by atoms with van der Waals surface area (Å²) in [6.45, 7) is 5.13. The van der Waals surface area contributed by atoms with E-state index in [1.54, 1.807) is 32.9 Å². The van der Waals surface area contributed by atoms with E-state index in [1.165, 1.54) is 12.1 Å². The van der Waals surface area contributed by atoms with E-state index in [2.05, 4.69) is 26.0 Å². The van der Waals surface area contributed by atoms with Gasteiger partial charge < -0.3 is 10.1 Å². The highest BCUT2D eigenvalue weighted by Gasteiger charge is 2.21. The fourth-order valence-electron chi connectivity index (χ4n) is 2.95. The zero-order chi connectivity index (χ0) is 23.4. The highest BCUT2D eigenvalue weighted by molar-refractivity contribution is 9.10. The molecule has 0 saturated heterocycles. The molecule has 3 aromatic rings. The number of hydrogen-bond acceptors (Lipinski definition) is 4. The van der Waals surface area contributed by atoms with Gasteiger partial charge in [-0.05, 0) is 84.2 Å². The normalized spacial score (nSPS) is 11.8. The average molecular weight is 517 g/mol. The lowest BCUT2D eigenvalue weighted by molar-refractivity contribution is -0.118. The van der Waals surface area contributed by atoms with Crippen LogP contribution in [0, 0.1) is 0 Å². The van der Waals surface area contributed by atoms with E-state index in [4.69, 9.17) is 4.74 Å². The van der Waals surface area contributed by atoms with Gasteiger partial charge in [-0.3, -0.25) is 4.79 Å². The molecule has 0 unspecified atom stereocenters. The van der Waals surface area contributed by atoms with Gasteiger partial charge >= 0.3 is 0 Å². The van der Waals surface area contributed by atoms with Crippen LogP contribution in [-0.2, 0) is 14.8 Å². The standard InChI is InChI=1S/C24H25BrN2O4S/c1-24(2,3)27-32(29,30)20-12-10-19(11-13-20)26-23(28)16-31-22-14-9-18(15-21(22)25)17-7-5-4-6-8-17/h4-15,27H,16H2,1-3H3,(H,26,28). The average Bonchev–Trinajstić information content (AvgIpc) is 2.72. The maximum absolute atomic E-state index is 12.4. The molecule has 1 amide bonds. The minimum atomic E-state index is -3.63. The van der Waals surface area contributed by atoms with Gasteiger partial charge in [0.15, 0.2) is 6.61 Å². The summed E-state index contributed by atoms with van der Waals surface area (Å²) in [4.78, 5) is 12.4. The molecule has 0 bridgehead atoms. The summed E-state index contributed by atoms with van der Waals surface area (Å²) in [5.41, 5.74) is 2.01. The van der Waals surface area contributed by atoms with Crippen LogP contribution in [0.4, 0.5) is 5.69 Å². The Kier molecular flexibility index (Phi) is 7.38. The summed E-state index contributed by atoms with van der Waals surface area (Å²) in [7, 11) is -3.63. The first kappa shape index (κ1) is 24.0. The van der Waals surface area contributed by atoms with Crippen LogP contribution in [0.25, 0.3) is 11.1 Å². The molecule has 0 aliphatic rings. The zero-order valence-electron chi connectivity index (χ0n) is 18.1. The van der Waals surface area contributed by atoms with Crippen LogP contribution in [0.5, 0.6) is 5.75 Å². The van der Waals surface area contributed by atoms with Gasteiger partial charge in [0.05, 0.1) is 9.37 Å². The molecule has 0 radical (unpaired) electrons. The Morgan fingerprint density at radius 3 is 2.19 bits per heavy atom. The fraction of sp³-hybridized carbons (Fsp3) is 0.208. The Bertz CT molecular complexity index is 1190. The molecule has 0 fully saturated rings. The highest BCUT2D eigenvalue weighted by atomic mass is 79.9. The van der Waals surface area contributed by atoms with Crippen molar-refractivity contribution in [1.29, 1.82) is 0 Å². The second-order valence-corrected chi connectivity index (χ2v) is 10.8. The first-order valence-electron chi connectivity index (χ1n) is 9.95. The van der Waals surface area contributed by atoms with Crippen molar-refractivity contribution in [2.75, 3.05) is 11.9 Å². The van der Waals surface area contributed by atoms with E-state index in [-0.39, 0.29) is 17.4 Å². The van der Waals surface area contributed by atoms with Crippen LogP contribution >= 0.6 is 15.9 Å². The third-order valence-electron chi connectivity index (χ3n) is 4.29. The topological polar surface area (TPSA) is 84.5 Å². The van der Waals surface area contributed by atoms with Crippen molar-refractivity contribution < 1.29 is 17.9 Å². The van der Waals surface area contributed by atoms with Crippen molar-refractivity contribution in [3.63, 3.8) is 0 Å². The van der Waals surface area contributed by atoms with Crippen molar-refractivity contribution in [1.82, 2.24) is 4.72 Å². The molecule has 0 saturated carbocycles. The third kappa shape index (κ3) is 6.66. The first-order valence-corrected chi connectivity index (χ1v) is 12.2. The number of halogens is 1. The second kappa shape index (κ2) is 9.85. The molecule has 0 heterocycles. The van der Waals surface area contributed by atoms with Crippen LogP contribution in [0.15, 0.2) is 82.2 Å². The molecular weight excluding hydrogens is 492 g/mol. The maximum Gasteiger partial charge on any atom is 0.262 e. The summed E-state index contributed by atoms with van der Waals surface area (Å²) < 4.78 is 33.7. The predicted octanol–water partition coefficient (Wildman–Crippen LogP) is 5.21. The lowest BCUT2D eigenvalue weighted by Crippen LogP contribution is -2.40. The van der Waals surface area contributed by atoms with Gasteiger partial charge in [-0.25, -0.2) is 13.1 Å². The number of hydrogen-bond donors (Lipinski definition) is 2. The number of ether oxygens (including phenoxy) is 1. The lowest BCUT2D eigenvalue weighted by atomic mass is 10.1. The summed E-state index contributed by atoms with van der Waals surface area (Å²) in [6, 6.07) is 21.6.